The summed E-state index contributed by atoms with van der Waals surface area (Å²) in [5.74, 6) is 0.468. The SMILES string of the molecule is CC(C)c1nn(C)cc1CNCCc1cnc[nH]1. The van der Waals surface area contributed by atoms with Crippen LogP contribution in [0.4, 0.5) is 0 Å². The number of aromatic amines is 1. The summed E-state index contributed by atoms with van der Waals surface area (Å²) in [6.45, 7) is 6.16. The third-order valence-corrected chi connectivity index (χ3v) is 2.93. The van der Waals surface area contributed by atoms with E-state index in [1.807, 2.05) is 17.9 Å². The van der Waals surface area contributed by atoms with Gasteiger partial charge in [-0.15, -0.1) is 0 Å². The predicted molar refractivity (Wildman–Crippen MR) is 71.3 cm³/mol. The summed E-state index contributed by atoms with van der Waals surface area (Å²) < 4.78 is 1.89. The van der Waals surface area contributed by atoms with Gasteiger partial charge in [-0.1, -0.05) is 13.8 Å². The van der Waals surface area contributed by atoms with Crippen molar-refractivity contribution < 1.29 is 0 Å². The Morgan fingerprint density at radius 3 is 2.94 bits per heavy atom. The van der Waals surface area contributed by atoms with Crippen LogP contribution in [0.5, 0.6) is 0 Å². The van der Waals surface area contributed by atoms with Crippen LogP contribution >= 0.6 is 0 Å². The van der Waals surface area contributed by atoms with E-state index in [0.29, 0.717) is 5.92 Å². The van der Waals surface area contributed by atoms with Gasteiger partial charge < -0.3 is 10.3 Å². The number of H-pyrrole nitrogens is 1. The average molecular weight is 247 g/mol. The minimum atomic E-state index is 0.468. The first-order chi connectivity index (χ1) is 8.66. The van der Waals surface area contributed by atoms with Crippen molar-refractivity contribution in [3.05, 3.63) is 35.7 Å². The van der Waals surface area contributed by atoms with Crippen LogP contribution in [0.2, 0.25) is 0 Å². The molecule has 2 aromatic rings. The van der Waals surface area contributed by atoms with Gasteiger partial charge in [-0.2, -0.15) is 5.10 Å². The van der Waals surface area contributed by atoms with E-state index in [-0.39, 0.29) is 0 Å². The molecule has 0 amide bonds. The molecule has 0 saturated carbocycles. The van der Waals surface area contributed by atoms with Gasteiger partial charge in [-0.3, -0.25) is 4.68 Å². The third-order valence-electron chi connectivity index (χ3n) is 2.93. The van der Waals surface area contributed by atoms with Crippen LogP contribution in [0, 0.1) is 0 Å². The molecule has 0 atom stereocenters. The average Bonchev–Trinajstić information content (AvgIpc) is 2.93. The summed E-state index contributed by atoms with van der Waals surface area (Å²) in [7, 11) is 1.97. The largest absolute Gasteiger partial charge is 0.348 e. The summed E-state index contributed by atoms with van der Waals surface area (Å²) in [6.07, 6.45) is 6.65. The van der Waals surface area contributed by atoms with Crippen LogP contribution in [-0.4, -0.2) is 26.3 Å². The second-order valence-corrected chi connectivity index (χ2v) is 4.87. The molecule has 2 rings (SSSR count). The summed E-state index contributed by atoms with van der Waals surface area (Å²) in [6, 6.07) is 0. The van der Waals surface area contributed by atoms with E-state index in [4.69, 9.17) is 0 Å². The van der Waals surface area contributed by atoms with Crippen LogP contribution in [0.15, 0.2) is 18.7 Å². The maximum Gasteiger partial charge on any atom is 0.0921 e. The number of rotatable bonds is 6. The summed E-state index contributed by atoms with van der Waals surface area (Å²) >= 11 is 0. The minimum Gasteiger partial charge on any atom is -0.348 e. The number of hydrogen-bond acceptors (Lipinski definition) is 3. The van der Waals surface area contributed by atoms with Crippen LogP contribution in [0.3, 0.4) is 0 Å². The summed E-state index contributed by atoms with van der Waals surface area (Å²) in [5, 5.41) is 7.95. The molecule has 0 aliphatic heterocycles. The van der Waals surface area contributed by atoms with Crippen LogP contribution in [0.25, 0.3) is 0 Å². The number of hydrogen-bond donors (Lipinski definition) is 2. The molecule has 18 heavy (non-hydrogen) atoms. The molecule has 0 aromatic carbocycles. The molecule has 0 spiro atoms. The van der Waals surface area contributed by atoms with E-state index in [9.17, 15) is 0 Å². The Kier molecular flexibility index (Phi) is 4.15. The molecule has 5 heteroatoms. The summed E-state index contributed by atoms with van der Waals surface area (Å²) in [5.41, 5.74) is 3.64. The zero-order valence-electron chi connectivity index (χ0n) is 11.3. The van der Waals surface area contributed by atoms with Gasteiger partial charge in [0, 0.05) is 50.2 Å². The Bertz CT molecular complexity index is 470. The molecule has 0 radical (unpaired) electrons. The highest BCUT2D eigenvalue weighted by Gasteiger charge is 2.10. The first kappa shape index (κ1) is 12.8. The maximum absolute atomic E-state index is 4.50. The molecule has 0 aliphatic rings. The lowest BCUT2D eigenvalue weighted by molar-refractivity contribution is 0.669. The number of aryl methyl sites for hydroxylation is 1. The predicted octanol–water partition coefficient (Wildman–Crippen LogP) is 1.60. The molecule has 0 saturated heterocycles. The highest BCUT2D eigenvalue weighted by molar-refractivity contribution is 5.19. The van der Waals surface area contributed by atoms with Gasteiger partial charge >= 0.3 is 0 Å². The van der Waals surface area contributed by atoms with Crippen molar-refractivity contribution in [2.75, 3.05) is 6.54 Å². The Balaban J connectivity index is 1.83. The second-order valence-electron chi connectivity index (χ2n) is 4.87. The van der Waals surface area contributed by atoms with E-state index in [1.54, 1.807) is 6.33 Å². The van der Waals surface area contributed by atoms with Gasteiger partial charge in [0.05, 0.1) is 12.0 Å². The highest BCUT2D eigenvalue weighted by atomic mass is 15.3. The minimum absolute atomic E-state index is 0.468. The third kappa shape index (κ3) is 3.20. The number of imidazole rings is 1. The molecule has 2 aromatic heterocycles. The molecular formula is C13H21N5. The molecule has 0 unspecified atom stereocenters. The topological polar surface area (TPSA) is 58.5 Å². The number of nitrogens with zero attached hydrogens (tertiary/aromatic N) is 3. The van der Waals surface area contributed by atoms with Gasteiger partial charge in [0.15, 0.2) is 0 Å². The van der Waals surface area contributed by atoms with Gasteiger partial charge in [0.2, 0.25) is 0 Å². The van der Waals surface area contributed by atoms with E-state index < -0.39 is 0 Å². The van der Waals surface area contributed by atoms with Gasteiger partial charge in [0.1, 0.15) is 0 Å². The fraction of sp³-hybridized carbons (Fsp3) is 0.538. The Morgan fingerprint density at radius 2 is 2.28 bits per heavy atom. The quantitative estimate of drug-likeness (QED) is 0.762. The maximum atomic E-state index is 4.50. The molecule has 98 valence electrons. The van der Waals surface area contributed by atoms with Crippen molar-refractivity contribution in [1.29, 1.82) is 0 Å². The van der Waals surface area contributed by atoms with E-state index in [2.05, 4.69) is 40.4 Å². The van der Waals surface area contributed by atoms with Gasteiger partial charge in [0.25, 0.3) is 0 Å². The number of nitrogens with one attached hydrogen (secondary N) is 2. The van der Waals surface area contributed by atoms with Crippen molar-refractivity contribution in [2.24, 2.45) is 7.05 Å². The second kappa shape index (κ2) is 5.82. The standard InChI is InChI=1S/C13H21N5/c1-10(2)13-11(8-18(3)17-13)6-14-5-4-12-7-15-9-16-12/h7-10,14H,4-6H2,1-3H3,(H,15,16). The van der Waals surface area contributed by atoms with Crippen LogP contribution in [0.1, 0.15) is 36.7 Å². The molecule has 5 nitrogen and oxygen atoms in total. The zero-order valence-corrected chi connectivity index (χ0v) is 11.3. The van der Waals surface area contributed by atoms with Crippen molar-refractivity contribution in [2.45, 2.75) is 32.7 Å². The van der Waals surface area contributed by atoms with Crippen LogP contribution < -0.4 is 5.32 Å². The Morgan fingerprint density at radius 1 is 1.44 bits per heavy atom. The molecule has 0 bridgehead atoms. The summed E-state index contributed by atoms with van der Waals surface area (Å²) in [4.78, 5) is 7.11. The fourth-order valence-corrected chi connectivity index (χ4v) is 2.04. The normalized spacial score (nSPS) is 11.3. The van der Waals surface area contributed by atoms with E-state index >= 15 is 0 Å². The smallest absolute Gasteiger partial charge is 0.0921 e. The fourth-order valence-electron chi connectivity index (χ4n) is 2.04. The zero-order chi connectivity index (χ0) is 13.0. The van der Waals surface area contributed by atoms with Crippen molar-refractivity contribution in [3.63, 3.8) is 0 Å². The first-order valence-corrected chi connectivity index (χ1v) is 6.37. The Hall–Kier alpha value is -1.62. The number of aromatic nitrogens is 4. The van der Waals surface area contributed by atoms with Crippen molar-refractivity contribution in [3.8, 4) is 0 Å². The highest BCUT2D eigenvalue weighted by Crippen LogP contribution is 2.16. The van der Waals surface area contributed by atoms with E-state index in [0.717, 1.165) is 25.2 Å². The molecule has 2 heterocycles. The van der Waals surface area contributed by atoms with Gasteiger partial charge in [-0.25, -0.2) is 4.98 Å². The lowest BCUT2D eigenvalue weighted by Crippen LogP contribution is -2.17. The van der Waals surface area contributed by atoms with Gasteiger partial charge in [-0.05, 0) is 5.92 Å². The molecular weight excluding hydrogens is 226 g/mol. The molecule has 0 aliphatic carbocycles. The Labute approximate surface area is 108 Å². The molecule has 2 N–H and O–H groups in total. The van der Waals surface area contributed by atoms with Crippen molar-refractivity contribution in [1.82, 2.24) is 25.1 Å². The lowest BCUT2D eigenvalue weighted by atomic mass is 10.1. The van der Waals surface area contributed by atoms with Crippen molar-refractivity contribution >= 4 is 0 Å². The first-order valence-electron chi connectivity index (χ1n) is 6.37. The van der Waals surface area contributed by atoms with E-state index in [1.165, 1.54) is 11.3 Å². The molecule has 0 fully saturated rings. The lowest BCUT2D eigenvalue weighted by Gasteiger charge is -2.06. The monoisotopic (exact) mass is 247 g/mol. The van der Waals surface area contributed by atoms with Crippen LogP contribution in [-0.2, 0) is 20.0 Å².